The van der Waals surface area contributed by atoms with Crippen LogP contribution in [0.15, 0.2) is 48.0 Å². The van der Waals surface area contributed by atoms with Crippen LogP contribution in [0.4, 0.5) is 13.2 Å². The summed E-state index contributed by atoms with van der Waals surface area (Å²) >= 11 is 0. The molecule has 4 nitrogen and oxygen atoms in total. The van der Waals surface area contributed by atoms with E-state index in [4.69, 9.17) is 9.84 Å². The van der Waals surface area contributed by atoms with Crippen molar-refractivity contribution in [2.24, 2.45) is 5.92 Å². The van der Waals surface area contributed by atoms with E-state index < -0.39 is 17.7 Å². The number of ether oxygens (including phenoxy) is 1. The molecule has 0 saturated carbocycles. The molecular weight excluding hydrogens is 395 g/mol. The van der Waals surface area contributed by atoms with E-state index in [-0.39, 0.29) is 5.92 Å². The molecule has 1 saturated heterocycles. The minimum absolute atomic E-state index is 0.284. The second-order valence-electron chi connectivity index (χ2n) is 7.40. The Labute approximate surface area is 171 Å². The number of carboxylic acids is 1. The van der Waals surface area contributed by atoms with E-state index in [1.54, 1.807) is 0 Å². The van der Waals surface area contributed by atoms with Crippen LogP contribution in [-0.2, 0) is 11.0 Å². The predicted octanol–water partition coefficient (Wildman–Crippen LogP) is 3.90. The Morgan fingerprint density at radius 3 is 2.43 bits per heavy atom. The molecule has 2 aliphatic rings. The number of rotatable bonds is 3. The molecule has 1 N–H and O–H groups in total. The van der Waals surface area contributed by atoms with Gasteiger partial charge in [-0.25, -0.2) is 0 Å². The first-order valence-corrected chi connectivity index (χ1v) is 9.39. The molecule has 30 heavy (non-hydrogen) atoms. The molecule has 154 valence electrons. The molecule has 0 spiro atoms. The monoisotopic (exact) mass is 413 g/mol. The molecule has 2 aromatic carbocycles. The maximum Gasteiger partial charge on any atom is 0.416 e. The fraction of sp³-hybridized carbons (Fsp3) is 0.261. The third kappa shape index (κ3) is 4.50. The van der Waals surface area contributed by atoms with Crippen LogP contribution in [0.1, 0.15) is 22.3 Å². The van der Waals surface area contributed by atoms with Crippen molar-refractivity contribution in [3.63, 3.8) is 0 Å². The van der Waals surface area contributed by atoms with E-state index >= 15 is 0 Å². The normalized spacial score (nSPS) is 16.4. The first-order chi connectivity index (χ1) is 14.3. The van der Waals surface area contributed by atoms with Crippen molar-refractivity contribution >= 4 is 12.0 Å². The largest absolute Gasteiger partial charge is 0.489 e. The van der Waals surface area contributed by atoms with E-state index in [9.17, 15) is 18.0 Å². The van der Waals surface area contributed by atoms with Gasteiger partial charge >= 0.3 is 12.1 Å². The zero-order chi connectivity index (χ0) is 21.3. The first-order valence-electron chi connectivity index (χ1n) is 9.39. The van der Waals surface area contributed by atoms with Crippen molar-refractivity contribution < 1.29 is 27.8 Å². The van der Waals surface area contributed by atoms with Crippen molar-refractivity contribution in [1.29, 1.82) is 0 Å². The Kier molecular flexibility index (Phi) is 5.27. The number of carboxylic acid groups (broad SMARTS) is 1. The number of carbonyl (C=O) groups is 1. The number of likely N-dealkylation sites (tertiary alicyclic amines) is 1. The smallest absolute Gasteiger partial charge is 0.416 e. The molecule has 0 bridgehead atoms. The summed E-state index contributed by atoms with van der Waals surface area (Å²) in [4.78, 5) is 13.0. The number of hydrogen-bond donors (Lipinski definition) is 1. The number of aliphatic carboxylic acids is 1. The molecule has 0 aliphatic carbocycles. The van der Waals surface area contributed by atoms with E-state index in [1.165, 1.54) is 12.1 Å². The van der Waals surface area contributed by atoms with Crippen LogP contribution in [0, 0.1) is 17.8 Å². The van der Waals surface area contributed by atoms with Gasteiger partial charge in [-0.15, -0.1) is 0 Å². The van der Waals surface area contributed by atoms with Gasteiger partial charge in [0.05, 0.1) is 11.5 Å². The third-order valence-electron chi connectivity index (χ3n) is 5.08. The Morgan fingerprint density at radius 2 is 1.77 bits per heavy atom. The Balaban J connectivity index is 1.42. The highest BCUT2D eigenvalue weighted by Crippen LogP contribution is 2.30. The first kappa shape index (κ1) is 20.0. The minimum atomic E-state index is -4.36. The van der Waals surface area contributed by atoms with Crippen LogP contribution in [0.3, 0.4) is 0 Å². The standard InChI is InChI=1S/C23H18F3NO3/c24-23(25,26)20-7-4-15(5-8-20)1-2-16-3-6-18-9-17(14-30-21(18)10-16)11-27-12-19(13-27)22(28)29/h3-10,19H,11-14H2,(H,28,29). The van der Waals surface area contributed by atoms with Gasteiger partial charge in [0.25, 0.3) is 0 Å². The molecule has 0 aromatic heterocycles. The van der Waals surface area contributed by atoms with Gasteiger partial charge in [0.2, 0.25) is 0 Å². The van der Waals surface area contributed by atoms with Crippen molar-refractivity contribution in [3.05, 3.63) is 70.3 Å². The van der Waals surface area contributed by atoms with Crippen molar-refractivity contribution in [2.45, 2.75) is 6.18 Å². The summed E-state index contributed by atoms with van der Waals surface area (Å²) in [5, 5.41) is 8.95. The van der Waals surface area contributed by atoms with Gasteiger partial charge in [0.15, 0.2) is 0 Å². The molecule has 0 amide bonds. The number of hydrogen-bond acceptors (Lipinski definition) is 3. The number of alkyl halides is 3. The number of nitrogens with zero attached hydrogens (tertiary/aromatic N) is 1. The van der Waals surface area contributed by atoms with E-state index in [0.717, 1.165) is 23.3 Å². The lowest BCUT2D eigenvalue weighted by atomic mass is 9.98. The fourth-order valence-corrected chi connectivity index (χ4v) is 3.41. The highest BCUT2D eigenvalue weighted by Gasteiger charge is 2.33. The van der Waals surface area contributed by atoms with Crippen LogP contribution in [0.2, 0.25) is 0 Å². The summed E-state index contributed by atoms with van der Waals surface area (Å²) in [5.41, 5.74) is 2.51. The molecule has 4 rings (SSSR count). The summed E-state index contributed by atoms with van der Waals surface area (Å²) in [6.45, 7) is 2.21. The van der Waals surface area contributed by atoms with Crippen LogP contribution in [0.25, 0.3) is 6.08 Å². The molecule has 1 fully saturated rings. The zero-order valence-electron chi connectivity index (χ0n) is 15.9. The maximum atomic E-state index is 12.6. The summed E-state index contributed by atoms with van der Waals surface area (Å²) in [6.07, 6.45) is -2.32. The van der Waals surface area contributed by atoms with Crippen LogP contribution >= 0.6 is 0 Å². The highest BCUT2D eigenvalue weighted by molar-refractivity contribution is 5.71. The second kappa shape index (κ2) is 7.88. The molecule has 2 heterocycles. The van der Waals surface area contributed by atoms with Gasteiger partial charge < -0.3 is 9.84 Å². The Bertz CT molecular complexity index is 1060. The molecule has 0 atom stereocenters. The van der Waals surface area contributed by atoms with Crippen molar-refractivity contribution in [2.75, 3.05) is 26.2 Å². The van der Waals surface area contributed by atoms with Crippen LogP contribution in [0.5, 0.6) is 5.75 Å². The number of fused-ring (bicyclic) bond motifs is 1. The fourth-order valence-electron chi connectivity index (χ4n) is 3.41. The van der Waals surface area contributed by atoms with Crippen LogP contribution in [-0.4, -0.2) is 42.2 Å². The molecule has 0 unspecified atom stereocenters. The quantitative estimate of drug-likeness (QED) is 0.776. The molecule has 7 heteroatoms. The number of benzene rings is 2. The SMILES string of the molecule is O=C(O)C1CN(CC2=Cc3ccc(C#Cc4ccc(C(F)(F)F)cc4)cc3OC2)C1. The Hall–Kier alpha value is -3.24. The minimum Gasteiger partial charge on any atom is -0.489 e. The number of halogens is 3. The zero-order valence-corrected chi connectivity index (χ0v) is 15.9. The average molecular weight is 413 g/mol. The highest BCUT2D eigenvalue weighted by atomic mass is 19.4. The van der Waals surface area contributed by atoms with E-state index in [0.29, 0.717) is 43.1 Å². The topological polar surface area (TPSA) is 49.8 Å². The molecule has 2 aromatic rings. The predicted molar refractivity (Wildman–Crippen MR) is 105 cm³/mol. The molecule has 0 radical (unpaired) electrons. The Morgan fingerprint density at radius 1 is 1.10 bits per heavy atom. The van der Waals surface area contributed by atoms with Crippen molar-refractivity contribution in [1.82, 2.24) is 4.90 Å². The molecule has 2 aliphatic heterocycles. The summed E-state index contributed by atoms with van der Waals surface area (Å²) in [6, 6.07) is 10.3. The van der Waals surface area contributed by atoms with Gasteiger partial charge in [-0.05, 0) is 48.0 Å². The van der Waals surface area contributed by atoms with E-state index in [1.807, 2.05) is 24.3 Å². The second-order valence-corrected chi connectivity index (χ2v) is 7.40. The van der Waals surface area contributed by atoms with Gasteiger partial charge in [0.1, 0.15) is 12.4 Å². The summed E-state index contributed by atoms with van der Waals surface area (Å²) in [5.74, 6) is 5.48. The van der Waals surface area contributed by atoms with E-state index in [2.05, 4.69) is 16.7 Å². The van der Waals surface area contributed by atoms with Gasteiger partial charge in [-0.3, -0.25) is 9.69 Å². The summed E-state index contributed by atoms with van der Waals surface area (Å²) in [7, 11) is 0. The average Bonchev–Trinajstić information content (AvgIpc) is 2.68. The lowest BCUT2D eigenvalue weighted by molar-refractivity contribution is -0.147. The van der Waals surface area contributed by atoms with Crippen LogP contribution < -0.4 is 4.74 Å². The van der Waals surface area contributed by atoms with Gasteiger partial charge in [-0.2, -0.15) is 13.2 Å². The van der Waals surface area contributed by atoms with Gasteiger partial charge in [0, 0.05) is 36.3 Å². The van der Waals surface area contributed by atoms with Gasteiger partial charge in [-0.1, -0.05) is 17.9 Å². The lowest BCUT2D eigenvalue weighted by Crippen LogP contribution is -2.51. The van der Waals surface area contributed by atoms with Crippen molar-refractivity contribution in [3.8, 4) is 17.6 Å². The summed E-state index contributed by atoms with van der Waals surface area (Å²) < 4.78 is 43.7. The molecular formula is C23H18F3NO3. The maximum absolute atomic E-state index is 12.6. The lowest BCUT2D eigenvalue weighted by Gasteiger charge is -2.37. The third-order valence-corrected chi connectivity index (χ3v) is 5.08.